The molecule has 2 aliphatic heterocycles. The van der Waals surface area contributed by atoms with Crippen LogP contribution in [0.3, 0.4) is 0 Å². The summed E-state index contributed by atoms with van der Waals surface area (Å²) in [6, 6.07) is 15.9. The second kappa shape index (κ2) is 7.72. The molecule has 8 nitrogen and oxygen atoms in total. The maximum absolute atomic E-state index is 14.4. The van der Waals surface area contributed by atoms with E-state index in [0.29, 0.717) is 29.1 Å². The Balaban J connectivity index is 1.61. The van der Waals surface area contributed by atoms with Crippen LogP contribution < -0.4 is 20.0 Å². The van der Waals surface area contributed by atoms with E-state index in [1.165, 1.54) is 27.2 Å². The first kappa shape index (κ1) is 22.6. The molecule has 2 amide bonds. The standard InChI is InChI=1S/C28H18FN3O5S/c1-3-31-19-7-5-4-6-17(19)28(26(31)35)22-23(33)16-12-14(29)8-11-20(16)37-24(22)25(34)32(28)27-30-18-10-9-15(36-2)13-21(18)38-27/h4-13H,3H2,1-2H3. The Bertz CT molecular complexity index is 1910. The quantitative estimate of drug-likeness (QED) is 0.334. The van der Waals surface area contributed by atoms with Crippen molar-refractivity contribution in [1.82, 2.24) is 4.98 Å². The SMILES string of the molecule is CCN1C(=O)C2(c3ccccc31)c1c(oc3ccc(F)cc3c1=O)C(=O)N2c1nc2ccc(OC)cc2s1. The zero-order valence-electron chi connectivity index (χ0n) is 20.1. The van der Waals surface area contributed by atoms with Gasteiger partial charge in [0, 0.05) is 12.1 Å². The van der Waals surface area contributed by atoms with E-state index in [2.05, 4.69) is 4.98 Å². The first-order chi connectivity index (χ1) is 18.4. The predicted octanol–water partition coefficient (Wildman–Crippen LogP) is 4.82. The average molecular weight is 528 g/mol. The molecule has 1 atom stereocenters. The van der Waals surface area contributed by atoms with Crippen molar-refractivity contribution in [2.75, 3.05) is 23.5 Å². The lowest BCUT2D eigenvalue weighted by molar-refractivity contribution is -0.121. The molecule has 0 fully saturated rings. The van der Waals surface area contributed by atoms with Gasteiger partial charge >= 0.3 is 0 Å². The third-order valence-electron chi connectivity index (χ3n) is 7.18. The Morgan fingerprint density at radius 1 is 1.08 bits per heavy atom. The van der Waals surface area contributed by atoms with Gasteiger partial charge in [0.1, 0.15) is 17.1 Å². The van der Waals surface area contributed by atoms with Gasteiger partial charge in [0.25, 0.3) is 11.8 Å². The molecule has 10 heteroatoms. The molecule has 188 valence electrons. The molecule has 1 spiro atoms. The predicted molar refractivity (Wildman–Crippen MR) is 141 cm³/mol. The highest BCUT2D eigenvalue weighted by Crippen LogP contribution is 2.54. The molecule has 3 aromatic carbocycles. The number of rotatable bonds is 3. The molecule has 0 aliphatic carbocycles. The van der Waals surface area contributed by atoms with Crippen LogP contribution in [-0.2, 0) is 10.3 Å². The molecule has 0 N–H and O–H groups in total. The number of hydrogen-bond donors (Lipinski definition) is 0. The van der Waals surface area contributed by atoms with E-state index in [1.807, 2.05) is 6.92 Å². The van der Waals surface area contributed by atoms with Gasteiger partial charge < -0.3 is 14.1 Å². The Morgan fingerprint density at radius 2 is 1.89 bits per heavy atom. The Hall–Kier alpha value is -4.57. The summed E-state index contributed by atoms with van der Waals surface area (Å²) in [5.41, 5.74) is -0.946. The summed E-state index contributed by atoms with van der Waals surface area (Å²) in [4.78, 5) is 50.1. The average Bonchev–Trinajstić information content (AvgIpc) is 3.53. The zero-order valence-corrected chi connectivity index (χ0v) is 21.0. The number of anilines is 2. The number of likely N-dealkylation sites (N-methyl/N-ethyl adjacent to an activating group) is 1. The third-order valence-corrected chi connectivity index (χ3v) is 8.18. The molecule has 2 aliphatic rings. The van der Waals surface area contributed by atoms with Crippen molar-refractivity contribution in [3.05, 3.63) is 93.6 Å². The highest BCUT2D eigenvalue weighted by atomic mass is 32.1. The number of halogens is 1. The summed E-state index contributed by atoms with van der Waals surface area (Å²) in [7, 11) is 1.55. The van der Waals surface area contributed by atoms with E-state index in [1.54, 1.807) is 49.6 Å². The van der Waals surface area contributed by atoms with Gasteiger partial charge in [-0.3, -0.25) is 19.3 Å². The number of amides is 2. The smallest absolute Gasteiger partial charge is 0.297 e. The Morgan fingerprint density at radius 3 is 2.68 bits per heavy atom. The first-order valence-corrected chi connectivity index (χ1v) is 12.7. The number of fused-ring (bicyclic) bond motifs is 6. The third kappa shape index (κ3) is 2.67. The van der Waals surface area contributed by atoms with Gasteiger partial charge in [0.05, 0.1) is 34.0 Å². The number of methoxy groups -OCH3 is 1. The van der Waals surface area contributed by atoms with Crippen LogP contribution in [0.15, 0.2) is 69.9 Å². The van der Waals surface area contributed by atoms with E-state index < -0.39 is 28.6 Å². The minimum Gasteiger partial charge on any atom is -0.497 e. The summed E-state index contributed by atoms with van der Waals surface area (Å²) >= 11 is 1.20. The molecule has 2 aromatic heterocycles. The molecule has 0 bridgehead atoms. The van der Waals surface area contributed by atoms with Crippen molar-refractivity contribution < 1.29 is 23.1 Å². The normalized spacial score (nSPS) is 18.2. The van der Waals surface area contributed by atoms with Gasteiger partial charge in [-0.2, -0.15) is 0 Å². The van der Waals surface area contributed by atoms with Gasteiger partial charge in [-0.1, -0.05) is 29.5 Å². The number of carbonyl (C=O) groups excluding carboxylic acids is 2. The highest BCUT2D eigenvalue weighted by molar-refractivity contribution is 7.22. The fraction of sp³-hybridized carbons (Fsp3) is 0.143. The molecule has 5 aromatic rings. The number of benzene rings is 3. The molecule has 1 unspecified atom stereocenters. The summed E-state index contributed by atoms with van der Waals surface area (Å²) in [6.45, 7) is 2.12. The van der Waals surface area contributed by atoms with Crippen LogP contribution >= 0.6 is 11.3 Å². The lowest BCUT2D eigenvalue weighted by Crippen LogP contribution is -2.53. The number of carbonyl (C=O) groups is 2. The monoisotopic (exact) mass is 527 g/mol. The maximum atomic E-state index is 14.4. The number of nitrogens with zero attached hydrogens (tertiary/aromatic N) is 3. The Kier molecular flexibility index (Phi) is 4.59. The number of para-hydroxylation sites is 1. The van der Waals surface area contributed by atoms with Gasteiger partial charge in [0.15, 0.2) is 16.1 Å². The van der Waals surface area contributed by atoms with E-state index in [0.717, 1.165) is 16.8 Å². The largest absolute Gasteiger partial charge is 0.497 e. The van der Waals surface area contributed by atoms with Crippen molar-refractivity contribution in [2.45, 2.75) is 12.5 Å². The second-order valence-corrected chi connectivity index (χ2v) is 10.0. The minimum absolute atomic E-state index is 0.0490. The fourth-order valence-electron chi connectivity index (χ4n) is 5.56. The minimum atomic E-state index is -1.86. The fourth-order valence-corrected chi connectivity index (χ4v) is 6.61. The van der Waals surface area contributed by atoms with Crippen LogP contribution in [0.4, 0.5) is 15.2 Å². The summed E-state index contributed by atoms with van der Waals surface area (Å²) in [5, 5.41) is 0.174. The molecule has 0 radical (unpaired) electrons. The van der Waals surface area contributed by atoms with Gasteiger partial charge in [-0.05, 0) is 49.4 Å². The van der Waals surface area contributed by atoms with Crippen molar-refractivity contribution in [3.8, 4) is 5.75 Å². The summed E-state index contributed by atoms with van der Waals surface area (Å²) in [5.74, 6) is -1.42. The molecule has 4 heterocycles. The van der Waals surface area contributed by atoms with Gasteiger partial charge in [-0.25, -0.2) is 9.37 Å². The van der Waals surface area contributed by atoms with E-state index >= 15 is 0 Å². The number of thiazole rings is 1. The number of ether oxygens (including phenoxy) is 1. The van der Waals surface area contributed by atoms with Crippen LogP contribution in [-0.4, -0.2) is 30.5 Å². The number of hydrogen-bond acceptors (Lipinski definition) is 7. The lowest BCUT2D eigenvalue weighted by Gasteiger charge is -2.32. The molecular formula is C28H18FN3O5S. The van der Waals surface area contributed by atoms with Crippen molar-refractivity contribution in [1.29, 1.82) is 0 Å². The first-order valence-electron chi connectivity index (χ1n) is 11.9. The van der Waals surface area contributed by atoms with E-state index in [9.17, 15) is 18.8 Å². The number of aromatic nitrogens is 1. The topological polar surface area (TPSA) is 93.0 Å². The van der Waals surface area contributed by atoms with Crippen LogP contribution in [0, 0.1) is 5.82 Å². The molecule has 0 saturated heterocycles. The van der Waals surface area contributed by atoms with Crippen molar-refractivity contribution in [2.24, 2.45) is 0 Å². The van der Waals surface area contributed by atoms with E-state index in [4.69, 9.17) is 9.15 Å². The van der Waals surface area contributed by atoms with Crippen LogP contribution in [0.25, 0.3) is 21.2 Å². The van der Waals surface area contributed by atoms with E-state index in [-0.39, 0.29) is 27.4 Å². The molecule has 0 saturated carbocycles. The van der Waals surface area contributed by atoms with Crippen LogP contribution in [0.2, 0.25) is 0 Å². The summed E-state index contributed by atoms with van der Waals surface area (Å²) < 4.78 is 26.2. The lowest BCUT2D eigenvalue weighted by atomic mass is 9.84. The second-order valence-electron chi connectivity index (χ2n) is 9.02. The molecule has 7 rings (SSSR count). The highest BCUT2D eigenvalue weighted by Gasteiger charge is 2.66. The maximum Gasteiger partial charge on any atom is 0.297 e. The van der Waals surface area contributed by atoms with Crippen LogP contribution in [0.1, 0.15) is 28.6 Å². The Labute approximate surface area is 218 Å². The molecular weight excluding hydrogens is 509 g/mol. The van der Waals surface area contributed by atoms with Crippen molar-refractivity contribution in [3.63, 3.8) is 0 Å². The van der Waals surface area contributed by atoms with Gasteiger partial charge in [-0.15, -0.1) is 0 Å². The van der Waals surface area contributed by atoms with Crippen LogP contribution in [0.5, 0.6) is 5.75 Å². The zero-order chi connectivity index (χ0) is 26.3. The molecule has 38 heavy (non-hydrogen) atoms. The van der Waals surface area contributed by atoms with Crippen molar-refractivity contribution >= 4 is 55.2 Å². The summed E-state index contributed by atoms with van der Waals surface area (Å²) in [6.07, 6.45) is 0. The van der Waals surface area contributed by atoms with Gasteiger partial charge in [0.2, 0.25) is 5.76 Å².